The number of amides is 1. The van der Waals surface area contributed by atoms with Gasteiger partial charge >= 0.3 is 0 Å². The smallest absolute Gasteiger partial charge is 0.223 e. The van der Waals surface area contributed by atoms with Gasteiger partial charge < -0.3 is 19.6 Å². The lowest BCUT2D eigenvalue weighted by molar-refractivity contribution is -0.131. The molecule has 1 aromatic rings. The summed E-state index contributed by atoms with van der Waals surface area (Å²) < 4.78 is 10.9. The predicted octanol–water partition coefficient (Wildman–Crippen LogP) is 2.02. The second-order valence-corrected chi connectivity index (χ2v) is 5.26. The molecule has 1 aliphatic heterocycles. The lowest BCUT2D eigenvalue weighted by Crippen LogP contribution is -2.39. The van der Waals surface area contributed by atoms with E-state index < -0.39 is 6.04 Å². The minimum atomic E-state index is -0.468. The van der Waals surface area contributed by atoms with E-state index in [-0.39, 0.29) is 24.5 Å². The minimum Gasteiger partial charge on any atom is -0.467 e. The summed E-state index contributed by atoms with van der Waals surface area (Å²) in [5, 5.41) is 12.2. The highest BCUT2D eigenvalue weighted by molar-refractivity contribution is 5.79. The molecule has 0 aliphatic carbocycles. The molecule has 1 fully saturated rings. The third-order valence-electron chi connectivity index (χ3n) is 3.73. The fourth-order valence-corrected chi connectivity index (χ4v) is 2.63. The Bertz CT molecular complexity index is 402. The molecule has 0 radical (unpaired) electrons. The number of carbonyl (C=O) groups excluding carboxylic acids is 1. The Balaban J connectivity index is 1.90. The van der Waals surface area contributed by atoms with Gasteiger partial charge in [0.05, 0.1) is 19.0 Å². The van der Waals surface area contributed by atoms with Crippen LogP contribution in [0.15, 0.2) is 22.8 Å². The summed E-state index contributed by atoms with van der Waals surface area (Å²) in [6.07, 6.45) is 5.27. The second kappa shape index (κ2) is 7.45. The molecule has 0 saturated carbocycles. The number of aliphatic hydroxyl groups excluding tert-OH is 1. The van der Waals surface area contributed by atoms with E-state index in [2.05, 4.69) is 12.2 Å². The van der Waals surface area contributed by atoms with Crippen molar-refractivity contribution in [3.05, 3.63) is 24.2 Å². The average molecular weight is 281 g/mol. The highest BCUT2D eigenvalue weighted by atomic mass is 16.5. The first-order chi connectivity index (χ1) is 9.74. The van der Waals surface area contributed by atoms with Crippen LogP contribution in [0.2, 0.25) is 0 Å². The summed E-state index contributed by atoms with van der Waals surface area (Å²) in [4.78, 5) is 12.3. The van der Waals surface area contributed by atoms with Crippen LogP contribution >= 0.6 is 0 Å². The van der Waals surface area contributed by atoms with E-state index in [0.717, 1.165) is 25.7 Å². The molecule has 2 N–H and O–H groups in total. The zero-order chi connectivity index (χ0) is 14.4. The Hall–Kier alpha value is -1.33. The summed E-state index contributed by atoms with van der Waals surface area (Å²) in [6, 6.07) is 3.03. The highest BCUT2D eigenvalue weighted by Crippen LogP contribution is 2.24. The van der Waals surface area contributed by atoms with Crippen molar-refractivity contribution in [2.45, 2.75) is 44.8 Å². The summed E-state index contributed by atoms with van der Waals surface area (Å²) in [5.41, 5.74) is 0. The third-order valence-corrected chi connectivity index (χ3v) is 3.73. The van der Waals surface area contributed by atoms with Gasteiger partial charge in [0.1, 0.15) is 11.8 Å². The number of furan rings is 1. The van der Waals surface area contributed by atoms with E-state index in [1.165, 1.54) is 6.26 Å². The normalized spacial score (nSPS) is 24.3. The quantitative estimate of drug-likeness (QED) is 0.837. The van der Waals surface area contributed by atoms with Crippen LogP contribution in [0.5, 0.6) is 0 Å². The molecule has 5 heteroatoms. The number of hydrogen-bond acceptors (Lipinski definition) is 4. The van der Waals surface area contributed by atoms with Gasteiger partial charge in [0.15, 0.2) is 0 Å². The zero-order valence-corrected chi connectivity index (χ0v) is 11.9. The van der Waals surface area contributed by atoms with E-state index in [1.807, 2.05) is 0 Å². The minimum absolute atomic E-state index is 0.0233. The molecule has 2 rings (SSSR count). The molecular weight excluding hydrogens is 258 g/mol. The van der Waals surface area contributed by atoms with E-state index >= 15 is 0 Å². The van der Waals surface area contributed by atoms with Crippen LogP contribution in [0.1, 0.15) is 44.4 Å². The van der Waals surface area contributed by atoms with Crippen LogP contribution < -0.4 is 5.32 Å². The van der Waals surface area contributed by atoms with Crippen molar-refractivity contribution in [2.24, 2.45) is 5.92 Å². The molecule has 3 atom stereocenters. The summed E-state index contributed by atoms with van der Waals surface area (Å²) in [5.74, 6) is 0.521. The lowest BCUT2D eigenvalue weighted by atomic mass is 9.92. The van der Waals surface area contributed by atoms with Crippen molar-refractivity contribution in [1.29, 1.82) is 0 Å². The topological polar surface area (TPSA) is 71.7 Å². The Morgan fingerprint density at radius 2 is 2.45 bits per heavy atom. The molecule has 0 aromatic carbocycles. The first-order valence-corrected chi connectivity index (χ1v) is 7.30. The largest absolute Gasteiger partial charge is 0.467 e. The third kappa shape index (κ3) is 3.84. The van der Waals surface area contributed by atoms with Gasteiger partial charge in [0.2, 0.25) is 5.91 Å². The maximum absolute atomic E-state index is 12.3. The number of aliphatic hydroxyl groups is 1. The van der Waals surface area contributed by atoms with Crippen LogP contribution in [0, 0.1) is 5.92 Å². The summed E-state index contributed by atoms with van der Waals surface area (Å²) >= 11 is 0. The molecule has 0 bridgehead atoms. The van der Waals surface area contributed by atoms with Gasteiger partial charge in [0, 0.05) is 12.5 Å². The summed E-state index contributed by atoms with van der Waals surface area (Å²) in [7, 11) is 0. The lowest BCUT2D eigenvalue weighted by Gasteiger charge is -2.29. The van der Waals surface area contributed by atoms with Crippen LogP contribution in [-0.4, -0.2) is 30.3 Å². The summed E-state index contributed by atoms with van der Waals surface area (Å²) in [6.45, 7) is 2.58. The first kappa shape index (κ1) is 15.1. The molecule has 112 valence electrons. The Morgan fingerprint density at radius 3 is 3.10 bits per heavy atom. The van der Waals surface area contributed by atoms with Crippen LogP contribution in [0.4, 0.5) is 0 Å². The molecule has 1 aliphatic rings. The van der Waals surface area contributed by atoms with Gasteiger partial charge in [0.25, 0.3) is 0 Å². The molecule has 1 aromatic heterocycles. The standard InChI is InChI=1S/C15H23NO4/c1-2-4-12-9-11(6-8-19-12)15(18)16-13(10-17)14-5-3-7-20-14/h3,5,7,11-13,17H,2,4,6,8-10H2,1H3,(H,16,18). The van der Waals surface area contributed by atoms with Gasteiger partial charge in [-0.1, -0.05) is 13.3 Å². The van der Waals surface area contributed by atoms with Crippen molar-refractivity contribution in [1.82, 2.24) is 5.32 Å². The molecule has 5 nitrogen and oxygen atoms in total. The Morgan fingerprint density at radius 1 is 1.60 bits per heavy atom. The van der Waals surface area contributed by atoms with Crippen molar-refractivity contribution >= 4 is 5.91 Å². The van der Waals surface area contributed by atoms with Crippen LogP contribution in [0.3, 0.4) is 0 Å². The highest BCUT2D eigenvalue weighted by Gasteiger charge is 2.29. The van der Waals surface area contributed by atoms with Crippen molar-refractivity contribution < 1.29 is 19.1 Å². The fourth-order valence-electron chi connectivity index (χ4n) is 2.63. The van der Waals surface area contributed by atoms with E-state index in [4.69, 9.17) is 9.15 Å². The number of hydrogen-bond donors (Lipinski definition) is 2. The molecule has 0 spiro atoms. The number of nitrogens with one attached hydrogen (secondary N) is 1. The van der Waals surface area contributed by atoms with Crippen molar-refractivity contribution in [2.75, 3.05) is 13.2 Å². The van der Waals surface area contributed by atoms with E-state index in [0.29, 0.717) is 12.4 Å². The monoisotopic (exact) mass is 281 g/mol. The van der Waals surface area contributed by atoms with E-state index in [1.54, 1.807) is 12.1 Å². The fraction of sp³-hybridized carbons (Fsp3) is 0.667. The molecule has 3 unspecified atom stereocenters. The predicted molar refractivity (Wildman–Crippen MR) is 74.0 cm³/mol. The van der Waals surface area contributed by atoms with Crippen molar-refractivity contribution in [3.63, 3.8) is 0 Å². The van der Waals surface area contributed by atoms with Gasteiger partial charge in [-0.2, -0.15) is 0 Å². The molecule has 2 heterocycles. The zero-order valence-electron chi connectivity index (χ0n) is 11.9. The molecule has 20 heavy (non-hydrogen) atoms. The van der Waals surface area contributed by atoms with Crippen molar-refractivity contribution in [3.8, 4) is 0 Å². The van der Waals surface area contributed by atoms with Gasteiger partial charge in [-0.05, 0) is 31.4 Å². The molecular formula is C15H23NO4. The SMILES string of the molecule is CCCC1CC(C(=O)NC(CO)c2ccco2)CCO1. The maximum atomic E-state index is 12.3. The Kier molecular flexibility index (Phi) is 5.61. The van der Waals surface area contributed by atoms with Crippen LogP contribution in [-0.2, 0) is 9.53 Å². The second-order valence-electron chi connectivity index (χ2n) is 5.26. The molecule has 1 amide bonds. The maximum Gasteiger partial charge on any atom is 0.223 e. The van der Waals surface area contributed by atoms with Gasteiger partial charge in [-0.3, -0.25) is 4.79 Å². The van der Waals surface area contributed by atoms with Gasteiger partial charge in [-0.25, -0.2) is 0 Å². The van der Waals surface area contributed by atoms with Gasteiger partial charge in [-0.15, -0.1) is 0 Å². The number of carbonyl (C=O) groups is 1. The number of rotatable bonds is 6. The molecule has 1 saturated heterocycles. The van der Waals surface area contributed by atoms with Crippen LogP contribution in [0.25, 0.3) is 0 Å². The first-order valence-electron chi connectivity index (χ1n) is 7.30. The van der Waals surface area contributed by atoms with E-state index in [9.17, 15) is 9.90 Å². The Labute approximate surface area is 119 Å². The average Bonchev–Trinajstić information content (AvgIpc) is 2.99. The number of ether oxygens (including phenoxy) is 1.